The smallest absolute Gasteiger partial charge is 0.209 e. The van der Waals surface area contributed by atoms with E-state index in [1.807, 2.05) is 24.3 Å². The summed E-state index contributed by atoms with van der Waals surface area (Å²) in [5.41, 5.74) is 1.82. The fraction of sp³-hybridized carbons (Fsp3) is 0.533. The van der Waals surface area contributed by atoms with Crippen molar-refractivity contribution in [3.63, 3.8) is 0 Å². The van der Waals surface area contributed by atoms with Crippen LogP contribution in [0.2, 0.25) is 0 Å². The van der Waals surface area contributed by atoms with Crippen LogP contribution in [0.4, 0.5) is 0 Å². The highest BCUT2D eigenvalue weighted by Crippen LogP contribution is 2.15. The van der Waals surface area contributed by atoms with Gasteiger partial charge in [-0.2, -0.15) is 0 Å². The second kappa shape index (κ2) is 6.35. The van der Waals surface area contributed by atoms with Gasteiger partial charge in [0, 0.05) is 39.3 Å². The van der Waals surface area contributed by atoms with Crippen LogP contribution in [0.15, 0.2) is 28.7 Å². The van der Waals surface area contributed by atoms with E-state index in [1.54, 1.807) is 0 Å². The number of oxazole rings is 1. The molecule has 0 saturated carbocycles. The fourth-order valence-electron chi connectivity index (χ4n) is 2.54. The lowest BCUT2D eigenvalue weighted by atomic mass is 10.3. The van der Waals surface area contributed by atoms with Crippen LogP contribution in [0.3, 0.4) is 0 Å². The van der Waals surface area contributed by atoms with E-state index in [2.05, 4.69) is 27.1 Å². The second-order valence-electron chi connectivity index (χ2n) is 5.40. The summed E-state index contributed by atoms with van der Waals surface area (Å²) in [6, 6.07) is 7.92. The summed E-state index contributed by atoms with van der Waals surface area (Å²) in [7, 11) is 2.12. The molecule has 5 nitrogen and oxygen atoms in total. The van der Waals surface area contributed by atoms with E-state index in [0.717, 1.165) is 62.8 Å². The van der Waals surface area contributed by atoms with Crippen molar-refractivity contribution in [2.24, 2.45) is 0 Å². The highest BCUT2D eigenvalue weighted by atomic mass is 16.3. The summed E-state index contributed by atoms with van der Waals surface area (Å²) in [6.45, 7) is 7.43. The molecule has 0 unspecified atom stereocenters. The zero-order chi connectivity index (χ0) is 13.8. The van der Waals surface area contributed by atoms with Crippen LogP contribution >= 0.6 is 0 Å². The summed E-state index contributed by atoms with van der Waals surface area (Å²) in [5, 5.41) is 3.38. The number of hydrogen-bond acceptors (Lipinski definition) is 5. The largest absolute Gasteiger partial charge is 0.439 e. The quantitative estimate of drug-likeness (QED) is 0.886. The summed E-state index contributed by atoms with van der Waals surface area (Å²) in [5.74, 6) is 0.800. The average Bonchev–Trinajstić information content (AvgIpc) is 2.88. The molecule has 108 valence electrons. The first-order valence-corrected chi connectivity index (χ1v) is 7.27. The summed E-state index contributed by atoms with van der Waals surface area (Å²) in [6.07, 6.45) is 0. The highest BCUT2D eigenvalue weighted by molar-refractivity contribution is 5.72. The number of benzene rings is 1. The van der Waals surface area contributed by atoms with Crippen molar-refractivity contribution >= 4 is 11.1 Å². The molecule has 0 spiro atoms. The summed E-state index contributed by atoms with van der Waals surface area (Å²) >= 11 is 0. The standard InChI is InChI=1S/C15H22N4O/c1-18(10-11-19-8-6-16-7-9-19)12-15-17-13-4-2-3-5-14(13)20-15/h2-5,16H,6-12H2,1H3. The second-order valence-corrected chi connectivity index (χ2v) is 5.40. The molecule has 0 radical (unpaired) electrons. The number of nitrogens with one attached hydrogen (secondary N) is 1. The zero-order valence-electron chi connectivity index (χ0n) is 12.0. The maximum Gasteiger partial charge on any atom is 0.209 e. The zero-order valence-corrected chi connectivity index (χ0v) is 12.0. The maximum absolute atomic E-state index is 5.75. The molecule has 20 heavy (non-hydrogen) atoms. The molecule has 1 aromatic heterocycles. The number of aromatic nitrogens is 1. The van der Waals surface area contributed by atoms with Crippen molar-refractivity contribution in [2.45, 2.75) is 6.54 Å². The van der Waals surface area contributed by atoms with Gasteiger partial charge in [0.15, 0.2) is 5.58 Å². The Balaban J connectivity index is 1.51. The topological polar surface area (TPSA) is 44.5 Å². The SMILES string of the molecule is CN(CCN1CCNCC1)Cc1nc2ccccc2o1. The Morgan fingerprint density at radius 1 is 1.30 bits per heavy atom. The Hall–Kier alpha value is -1.43. The van der Waals surface area contributed by atoms with Gasteiger partial charge in [-0.25, -0.2) is 4.98 Å². The van der Waals surface area contributed by atoms with Crippen LogP contribution < -0.4 is 5.32 Å². The van der Waals surface area contributed by atoms with Crippen LogP contribution in [-0.2, 0) is 6.54 Å². The van der Waals surface area contributed by atoms with Gasteiger partial charge in [-0.3, -0.25) is 9.80 Å². The average molecular weight is 274 g/mol. The van der Waals surface area contributed by atoms with Gasteiger partial charge in [-0.15, -0.1) is 0 Å². The first kappa shape index (κ1) is 13.5. The van der Waals surface area contributed by atoms with E-state index in [1.165, 1.54) is 0 Å². The van der Waals surface area contributed by atoms with E-state index < -0.39 is 0 Å². The number of para-hydroxylation sites is 2. The lowest BCUT2D eigenvalue weighted by Gasteiger charge is -2.28. The molecule has 0 aliphatic carbocycles. The van der Waals surface area contributed by atoms with E-state index >= 15 is 0 Å². The van der Waals surface area contributed by atoms with E-state index in [0.29, 0.717) is 0 Å². The van der Waals surface area contributed by atoms with Crippen LogP contribution in [-0.4, -0.2) is 61.1 Å². The number of likely N-dealkylation sites (N-methyl/N-ethyl adjacent to an activating group) is 1. The lowest BCUT2D eigenvalue weighted by molar-refractivity contribution is 0.196. The normalized spacial score (nSPS) is 17.1. The Kier molecular flexibility index (Phi) is 4.30. The first-order valence-electron chi connectivity index (χ1n) is 7.27. The molecule has 0 bridgehead atoms. The lowest BCUT2D eigenvalue weighted by Crippen LogP contribution is -2.45. The third kappa shape index (κ3) is 3.36. The molecule has 1 fully saturated rings. The first-order chi connectivity index (χ1) is 9.81. The Labute approximate surface area is 119 Å². The Morgan fingerprint density at radius 2 is 2.10 bits per heavy atom. The van der Waals surface area contributed by atoms with Crippen LogP contribution in [0, 0.1) is 0 Å². The van der Waals surface area contributed by atoms with Gasteiger partial charge >= 0.3 is 0 Å². The minimum Gasteiger partial charge on any atom is -0.439 e. The fourth-order valence-corrected chi connectivity index (χ4v) is 2.54. The Morgan fingerprint density at radius 3 is 2.90 bits per heavy atom. The predicted molar refractivity (Wildman–Crippen MR) is 79.7 cm³/mol. The number of fused-ring (bicyclic) bond motifs is 1. The highest BCUT2D eigenvalue weighted by Gasteiger charge is 2.12. The summed E-state index contributed by atoms with van der Waals surface area (Å²) < 4.78 is 5.75. The third-order valence-electron chi connectivity index (χ3n) is 3.75. The molecule has 1 aromatic carbocycles. The van der Waals surface area contributed by atoms with Gasteiger partial charge in [-0.1, -0.05) is 12.1 Å². The van der Waals surface area contributed by atoms with Gasteiger partial charge in [0.05, 0.1) is 6.54 Å². The minimum absolute atomic E-state index is 0.765. The third-order valence-corrected chi connectivity index (χ3v) is 3.75. The molecule has 5 heteroatoms. The van der Waals surface area contributed by atoms with E-state index in [4.69, 9.17) is 4.42 Å². The number of piperazine rings is 1. The molecule has 2 heterocycles. The van der Waals surface area contributed by atoms with Crippen molar-refractivity contribution in [1.29, 1.82) is 0 Å². The summed E-state index contributed by atoms with van der Waals surface area (Å²) in [4.78, 5) is 9.29. The van der Waals surface area contributed by atoms with E-state index in [9.17, 15) is 0 Å². The molecular weight excluding hydrogens is 252 g/mol. The van der Waals surface area contributed by atoms with E-state index in [-0.39, 0.29) is 0 Å². The van der Waals surface area contributed by atoms with Gasteiger partial charge in [0.2, 0.25) is 5.89 Å². The number of rotatable bonds is 5. The van der Waals surface area contributed by atoms with Crippen molar-refractivity contribution in [1.82, 2.24) is 20.1 Å². The number of hydrogen-bond donors (Lipinski definition) is 1. The van der Waals surface area contributed by atoms with Gasteiger partial charge < -0.3 is 9.73 Å². The molecule has 1 aliphatic heterocycles. The maximum atomic E-state index is 5.75. The van der Waals surface area contributed by atoms with Crippen molar-refractivity contribution < 1.29 is 4.42 Å². The molecule has 2 aromatic rings. The Bertz CT molecular complexity index is 515. The predicted octanol–water partition coefficient (Wildman–Crippen LogP) is 1.16. The molecule has 1 aliphatic rings. The molecular formula is C15H22N4O. The van der Waals surface area contributed by atoms with Crippen LogP contribution in [0.1, 0.15) is 5.89 Å². The minimum atomic E-state index is 0.765. The molecule has 3 rings (SSSR count). The van der Waals surface area contributed by atoms with Crippen molar-refractivity contribution in [3.05, 3.63) is 30.2 Å². The molecule has 1 N–H and O–H groups in total. The number of nitrogens with zero attached hydrogens (tertiary/aromatic N) is 3. The van der Waals surface area contributed by atoms with Crippen LogP contribution in [0.5, 0.6) is 0 Å². The van der Waals surface area contributed by atoms with Crippen molar-refractivity contribution in [2.75, 3.05) is 46.3 Å². The van der Waals surface area contributed by atoms with Gasteiger partial charge in [0.1, 0.15) is 5.52 Å². The van der Waals surface area contributed by atoms with Crippen molar-refractivity contribution in [3.8, 4) is 0 Å². The van der Waals surface area contributed by atoms with Gasteiger partial charge in [-0.05, 0) is 19.2 Å². The molecule has 1 saturated heterocycles. The monoisotopic (exact) mass is 274 g/mol. The van der Waals surface area contributed by atoms with Gasteiger partial charge in [0.25, 0.3) is 0 Å². The van der Waals surface area contributed by atoms with Crippen LogP contribution in [0.25, 0.3) is 11.1 Å². The molecule has 0 amide bonds. The molecule has 0 atom stereocenters.